The topological polar surface area (TPSA) is 166 Å². The lowest BCUT2D eigenvalue weighted by Gasteiger charge is -2.26. The Labute approximate surface area is 240 Å². The summed E-state index contributed by atoms with van der Waals surface area (Å²) in [7, 11) is 0. The number of amides is 1. The summed E-state index contributed by atoms with van der Waals surface area (Å²) >= 11 is 3.08. The number of carbonyl (C=O) groups excluding carboxylic acids is 1. The molecule has 0 bridgehead atoms. The molecule has 0 aliphatic carbocycles. The van der Waals surface area contributed by atoms with E-state index >= 15 is 0 Å². The van der Waals surface area contributed by atoms with Gasteiger partial charge in [-0.2, -0.15) is 13.2 Å². The van der Waals surface area contributed by atoms with E-state index < -0.39 is 29.6 Å². The van der Waals surface area contributed by atoms with Crippen LogP contribution in [0.3, 0.4) is 0 Å². The van der Waals surface area contributed by atoms with Crippen molar-refractivity contribution in [2.45, 2.75) is 12.7 Å². The number of carboxylic acid groups (broad SMARTS) is 1. The quantitative estimate of drug-likeness (QED) is 0.291. The zero-order valence-electron chi connectivity index (χ0n) is 21.1. The Bertz CT molecular complexity index is 1610. The van der Waals surface area contributed by atoms with E-state index in [0.29, 0.717) is 18.8 Å². The maximum absolute atomic E-state index is 13.7. The van der Waals surface area contributed by atoms with Gasteiger partial charge in [0.1, 0.15) is 5.82 Å². The van der Waals surface area contributed by atoms with E-state index in [2.05, 4.69) is 41.6 Å². The highest BCUT2D eigenvalue weighted by molar-refractivity contribution is 9.10. The normalized spacial score (nSPS) is 13.7. The lowest BCUT2D eigenvalue weighted by molar-refractivity contribution is -0.192. The number of aliphatic carboxylic acids is 1. The number of rotatable bonds is 6. The Kier molecular flexibility index (Phi) is 9.48. The lowest BCUT2D eigenvalue weighted by Crippen LogP contribution is -2.35. The zero-order chi connectivity index (χ0) is 30.4. The second-order valence-corrected chi connectivity index (χ2v) is 9.36. The van der Waals surface area contributed by atoms with Crippen LogP contribution in [0.4, 0.5) is 23.4 Å². The number of carbonyl (C=O) groups is 2. The number of alkyl halides is 3. The van der Waals surface area contributed by atoms with Crippen LogP contribution in [0.15, 0.2) is 60.9 Å². The van der Waals surface area contributed by atoms with Gasteiger partial charge in [-0.1, -0.05) is 17.3 Å². The minimum Gasteiger partial charge on any atom is -0.475 e. The van der Waals surface area contributed by atoms with Gasteiger partial charge in [0.25, 0.3) is 5.91 Å². The molecule has 18 heteroatoms. The summed E-state index contributed by atoms with van der Waals surface area (Å²) in [5.74, 6) is -4.70. The molecule has 0 unspecified atom stereocenters. The number of nitrogens with one attached hydrogen (secondary N) is 1. The first kappa shape index (κ1) is 30.5. The third-order valence-corrected chi connectivity index (χ3v) is 6.27. The van der Waals surface area contributed by atoms with Crippen LogP contribution >= 0.6 is 15.9 Å². The molecule has 1 saturated heterocycles. The van der Waals surface area contributed by atoms with Crippen molar-refractivity contribution in [3.05, 3.63) is 74.4 Å². The van der Waals surface area contributed by atoms with Gasteiger partial charge in [0, 0.05) is 25.2 Å². The van der Waals surface area contributed by atoms with Crippen LogP contribution in [-0.4, -0.2) is 74.4 Å². The minimum absolute atomic E-state index is 0.0337. The number of carboxylic acids is 1. The average Bonchev–Trinajstić information content (AvgIpc) is 3.57. The first-order valence-electron chi connectivity index (χ1n) is 11.8. The standard InChI is InChI=1S/C22H18BrFN6O5.C2HF3O2/c23-16-11-15(5-6-17(16)24)30-20(28-34-22(30)32)18-19(27-35-26-18)25-21(31)14-3-1-13(2-4-14)12-29-7-9-33-10-8-29;3-2(4,5)1(6)7/h1-6,11H,7-10,12H2,(H,25,27,31);(H,6,7). The van der Waals surface area contributed by atoms with Crippen molar-refractivity contribution in [2.24, 2.45) is 0 Å². The summed E-state index contributed by atoms with van der Waals surface area (Å²) in [5, 5.41) is 21.0. The van der Waals surface area contributed by atoms with Crippen molar-refractivity contribution in [3.8, 4) is 17.2 Å². The van der Waals surface area contributed by atoms with Crippen LogP contribution in [-0.2, 0) is 16.1 Å². The number of morpholine rings is 1. The molecular weight excluding hydrogens is 640 g/mol. The number of anilines is 1. The molecule has 2 aromatic carbocycles. The Morgan fingerprint density at radius 3 is 2.33 bits per heavy atom. The first-order valence-corrected chi connectivity index (χ1v) is 12.6. The molecule has 2 aromatic heterocycles. The van der Waals surface area contributed by atoms with Gasteiger partial charge in [0.2, 0.25) is 11.6 Å². The van der Waals surface area contributed by atoms with Crippen molar-refractivity contribution in [1.29, 1.82) is 0 Å². The number of hydrogen-bond acceptors (Lipinski definition) is 10. The van der Waals surface area contributed by atoms with E-state index in [9.17, 15) is 27.2 Å². The van der Waals surface area contributed by atoms with Crippen LogP contribution in [0, 0.1) is 5.82 Å². The van der Waals surface area contributed by atoms with E-state index in [4.69, 9.17) is 23.8 Å². The first-order chi connectivity index (χ1) is 19.9. The lowest BCUT2D eigenvalue weighted by atomic mass is 10.1. The molecule has 1 aliphatic heterocycles. The molecule has 0 atom stereocenters. The van der Waals surface area contributed by atoms with Gasteiger partial charge >= 0.3 is 17.9 Å². The maximum Gasteiger partial charge on any atom is 0.490 e. The van der Waals surface area contributed by atoms with Crippen molar-refractivity contribution in [2.75, 3.05) is 31.6 Å². The van der Waals surface area contributed by atoms with E-state index in [1.165, 1.54) is 18.2 Å². The van der Waals surface area contributed by atoms with Crippen molar-refractivity contribution < 1.29 is 46.1 Å². The molecule has 1 amide bonds. The largest absolute Gasteiger partial charge is 0.490 e. The number of ether oxygens (including phenoxy) is 1. The highest BCUT2D eigenvalue weighted by atomic mass is 79.9. The number of aromatic nitrogens is 4. The van der Waals surface area contributed by atoms with Crippen molar-refractivity contribution in [1.82, 2.24) is 24.9 Å². The molecule has 0 saturated carbocycles. The summed E-state index contributed by atoms with van der Waals surface area (Å²) in [6.07, 6.45) is -5.08. The number of nitrogens with zero attached hydrogens (tertiary/aromatic N) is 5. The molecular formula is C24H19BrF4N6O7. The van der Waals surface area contributed by atoms with Crippen molar-refractivity contribution >= 4 is 33.6 Å². The van der Waals surface area contributed by atoms with Crippen LogP contribution in [0.1, 0.15) is 15.9 Å². The SMILES string of the molecule is O=C(Nc1nonc1-c1noc(=O)n1-c1ccc(F)c(Br)c1)c1ccc(CN2CCOCC2)cc1.O=C(O)C(F)(F)F. The molecule has 5 rings (SSSR count). The molecule has 4 aromatic rings. The summed E-state index contributed by atoms with van der Waals surface area (Å²) in [6, 6.07) is 11.1. The van der Waals surface area contributed by atoms with Crippen LogP contribution < -0.4 is 11.1 Å². The summed E-state index contributed by atoms with van der Waals surface area (Å²) in [4.78, 5) is 36.3. The summed E-state index contributed by atoms with van der Waals surface area (Å²) < 4.78 is 61.5. The maximum atomic E-state index is 13.7. The molecule has 0 spiro atoms. The Morgan fingerprint density at radius 1 is 1.05 bits per heavy atom. The van der Waals surface area contributed by atoms with Gasteiger partial charge in [0.05, 0.1) is 23.4 Å². The van der Waals surface area contributed by atoms with Gasteiger partial charge < -0.3 is 15.2 Å². The second kappa shape index (κ2) is 13.0. The molecule has 0 radical (unpaired) electrons. The third kappa shape index (κ3) is 7.45. The van der Waals surface area contributed by atoms with E-state index in [1.54, 1.807) is 12.1 Å². The van der Waals surface area contributed by atoms with Crippen LogP contribution in [0.5, 0.6) is 0 Å². The molecule has 1 aliphatic rings. The van der Waals surface area contributed by atoms with E-state index in [-0.39, 0.29) is 27.5 Å². The monoisotopic (exact) mass is 658 g/mol. The fourth-order valence-electron chi connectivity index (χ4n) is 3.63. The van der Waals surface area contributed by atoms with E-state index in [0.717, 1.165) is 29.8 Å². The average molecular weight is 659 g/mol. The predicted octanol–water partition coefficient (Wildman–Crippen LogP) is 3.49. The van der Waals surface area contributed by atoms with Crippen LogP contribution in [0.2, 0.25) is 0 Å². The minimum atomic E-state index is -5.08. The predicted molar refractivity (Wildman–Crippen MR) is 137 cm³/mol. The zero-order valence-corrected chi connectivity index (χ0v) is 22.7. The Morgan fingerprint density at radius 2 is 1.71 bits per heavy atom. The highest BCUT2D eigenvalue weighted by Crippen LogP contribution is 2.26. The summed E-state index contributed by atoms with van der Waals surface area (Å²) in [6.45, 7) is 3.93. The highest BCUT2D eigenvalue weighted by Gasteiger charge is 2.38. The van der Waals surface area contributed by atoms with Gasteiger partial charge in [-0.05, 0) is 62.1 Å². The second-order valence-electron chi connectivity index (χ2n) is 8.51. The Balaban J connectivity index is 0.000000517. The van der Waals surface area contributed by atoms with Crippen molar-refractivity contribution in [3.63, 3.8) is 0 Å². The van der Waals surface area contributed by atoms with E-state index in [1.807, 2.05) is 12.1 Å². The smallest absolute Gasteiger partial charge is 0.475 e. The van der Waals surface area contributed by atoms with Gasteiger partial charge in [-0.3, -0.25) is 14.2 Å². The number of hydrogen-bond donors (Lipinski definition) is 2. The number of benzene rings is 2. The third-order valence-electron chi connectivity index (χ3n) is 5.67. The van der Waals surface area contributed by atoms with Gasteiger partial charge in [-0.25, -0.2) is 23.2 Å². The summed E-state index contributed by atoms with van der Waals surface area (Å²) in [5.41, 5.74) is 1.69. The molecule has 2 N–H and O–H groups in total. The molecule has 1 fully saturated rings. The molecule has 222 valence electrons. The fourth-order valence-corrected chi connectivity index (χ4v) is 3.99. The Hall–Kier alpha value is -4.42. The molecule has 3 heterocycles. The number of halogens is 5. The van der Waals surface area contributed by atoms with Gasteiger partial charge in [-0.15, -0.1) is 0 Å². The van der Waals surface area contributed by atoms with Gasteiger partial charge in [0.15, 0.2) is 5.69 Å². The fraction of sp³-hybridized carbons (Fsp3) is 0.250. The molecule has 13 nitrogen and oxygen atoms in total. The molecule has 42 heavy (non-hydrogen) atoms. The van der Waals surface area contributed by atoms with Crippen LogP contribution in [0.25, 0.3) is 17.2 Å².